The third-order valence-electron chi connectivity index (χ3n) is 5.32. The molecule has 0 aliphatic heterocycles. The van der Waals surface area contributed by atoms with Crippen LogP contribution in [0.15, 0.2) is 0 Å². The Morgan fingerprint density at radius 3 is 2.25 bits per heavy atom. The maximum Gasteiger partial charge on any atom is 0.311 e. The van der Waals surface area contributed by atoms with Crippen LogP contribution in [-0.2, 0) is 9.53 Å². The van der Waals surface area contributed by atoms with Gasteiger partial charge in [0.05, 0.1) is 11.0 Å². The fourth-order valence-corrected chi connectivity index (χ4v) is 3.02. The van der Waals surface area contributed by atoms with Gasteiger partial charge in [0, 0.05) is 0 Å². The lowest BCUT2D eigenvalue weighted by molar-refractivity contribution is -0.164. The van der Waals surface area contributed by atoms with Gasteiger partial charge in [0.1, 0.15) is 6.10 Å². The largest absolute Gasteiger partial charge is 0.462 e. The van der Waals surface area contributed by atoms with Crippen LogP contribution in [-0.4, -0.2) is 22.8 Å². The highest BCUT2D eigenvalue weighted by molar-refractivity contribution is 5.76. The van der Waals surface area contributed by atoms with Crippen LogP contribution in [0.3, 0.4) is 0 Å². The van der Waals surface area contributed by atoms with E-state index >= 15 is 0 Å². The number of rotatable bonds is 6. The number of esters is 1. The van der Waals surface area contributed by atoms with E-state index in [2.05, 4.69) is 0 Å². The Morgan fingerprint density at radius 1 is 1.15 bits per heavy atom. The van der Waals surface area contributed by atoms with Crippen molar-refractivity contribution >= 4 is 5.97 Å². The molecule has 1 N–H and O–H groups in total. The molecule has 118 valence electrons. The van der Waals surface area contributed by atoms with Crippen LogP contribution in [0, 0.1) is 11.3 Å². The van der Waals surface area contributed by atoms with Crippen molar-refractivity contribution < 1.29 is 14.6 Å². The van der Waals surface area contributed by atoms with Gasteiger partial charge < -0.3 is 9.84 Å². The van der Waals surface area contributed by atoms with Crippen LogP contribution in [0.5, 0.6) is 0 Å². The molecule has 2 atom stereocenters. The van der Waals surface area contributed by atoms with E-state index in [0.29, 0.717) is 0 Å². The lowest BCUT2D eigenvalue weighted by Gasteiger charge is -2.40. The number of ether oxygens (including phenoxy) is 1. The van der Waals surface area contributed by atoms with Gasteiger partial charge in [-0.25, -0.2) is 0 Å². The monoisotopic (exact) mass is 284 g/mol. The first-order valence-electron chi connectivity index (χ1n) is 8.22. The molecule has 3 heteroatoms. The third-order valence-corrected chi connectivity index (χ3v) is 5.32. The Kier molecular flexibility index (Phi) is 6.06. The van der Waals surface area contributed by atoms with Gasteiger partial charge in [-0.1, -0.05) is 20.8 Å². The molecule has 0 heterocycles. The predicted molar refractivity (Wildman–Crippen MR) is 81.4 cm³/mol. The van der Waals surface area contributed by atoms with Crippen LogP contribution < -0.4 is 0 Å². The number of carbonyl (C=O) groups excluding carboxylic acids is 1. The molecule has 0 spiro atoms. The Hall–Kier alpha value is -0.570. The zero-order valence-electron chi connectivity index (χ0n) is 13.9. The van der Waals surface area contributed by atoms with E-state index in [1.54, 1.807) is 0 Å². The van der Waals surface area contributed by atoms with Gasteiger partial charge in [-0.3, -0.25) is 4.79 Å². The van der Waals surface area contributed by atoms with E-state index in [1.807, 2.05) is 34.6 Å². The smallest absolute Gasteiger partial charge is 0.311 e. The van der Waals surface area contributed by atoms with Crippen molar-refractivity contribution in [3.05, 3.63) is 0 Å². The molecule has 0 radical (unpaired) electrons. The second kappa shape index (κ2) is 6.93. The normalized spacial score (nSPS) is 24.5. The molecule has 3 nitrogen and oxygen atoms in total. The van der Waals surface area contributed by atoms with Crippen molar-refractivity contribution in [2.45, 2.75) is 91.3 Å². The summed E-state index contributed by atoms with van der Waals surface area (Å²) in [5.74, 6) is 0.163. The average molecular weight is 284 g/mol. The number of carbonyl (C=O) groups is 1. The first-order valence-corrected chi connectivity index (χ1v) is 8.22. The first kappa shape index (κ1) is 17.5. The van der Waals surface area contributed by atoms with Gasteiger partial charge in [-0.15, -0.1) is 0 Å². The molecule has 20 heavy (non-hydrogen) atoms. The standard InChI is InChI=1S/C17H32O3/c1-6-16(4,5)15(18)20-14-11-9-10-13(12-14)17(19,7-2)8-3/h13-14,19H,6-12H2,1-5H3. The van der Waals surface area contributed by atoms with Crippen LogP contribution in [0.2, 0.25) is 0 Å². The van der Waals surface area contributed by atoms with Crippen molar-refractivity contribution in [2.75, 3.05) is 0 Å². The van der Waals surface area contributed by atoms with Gasteiger partial charge in [0.25, 0.3) is 0 Å². The van der Waals surface area contributed by atoms with Crippen LogP contribution in [0.4, 0.5) is 0 Å². The van der Waals surface area contributed by atoms with Gasteiger partial charge in [0.2, 0.25) is 0 Å². The molecule has 0 bridgehead atoms. The fraction of sp³-hybridized carbons (Fsp3) is 0.941. The summed E-state index contributed by atoms with van der Waals surface area (Å²) < 4.78 is 5.71. The molecular formula is C17H32O3. The summed E-state index contributed by atoms with van der Waals surface area (Å²) in [6.45, 7) is 9.96. The minimum absolute atomic E-state index is 0.0169. The van der Waals surface area contributed by atoms with E-state index in [-0.39, 0.29) is 18.0 Å². The summed E-state index contributed by atoms with van der Waals surface area (Å²) >= 11 is 0. The molecule has 1 rings (SSSR count). The Balaban J connectivity index is 2.64. The maximum absolute atomic E-state index is 12.2. The minimum atomic E-state index is -0.592. The number of hydrogen-bond donors (Lipinski definition) is 1. The quantitative estimate of drug-likeness (QED) is 0.748. The zero-order valence-corrected chi connectivity index (χ0v) is 13.9. The molecule has 1 fully saturated rings. The molecule has 0 aromatic heterocycles. The lowest BCUT2D eigenvalue weighted by atomic mass is 9.73. The maximum atomic E-state index is 12.2. The molecule has 0 aromatic carbocycles. The van der Waals surface area contributed by atoms with E-state index < -0.39 is 11.0 Å². The van der Waals surface area contributed by atoms with Crippen LogP contribution in [0.25, 0.3) is 0 Å². The molecule has 1 aliphatic rings. The summed E-state index contributed by atoms with van der Waals surface area (Å²) in [4.78, 5) is 12.2. The highest BCUT2D eigenvalue weighted by Crippen LogP contribution is 2.38. The highest BCUT2D eigenvalue weighted by Gasteiger charge is 2.39. The third kappa shape index (κ3) is 3.97. The fourth-order valence-electron chi connectivity index (χ4n) is 3.02. The summed E-state index contributed by atoms with van der Waals surface area (Å²) in [6, 6.07) is 0. The van der Waals surface area contributed by atoms with Crippen molar-refractivity contribution in [2.24, 2.45) is 11.3 Å². The molecule has 1 saturated carbocycles. The second-order valence-electron chi connectivity index (χ2n) is 6.94. The summed E-state index contributed by atoms with van der Waals surface area (Å²) in [6.07, 6.45) is 6.15. The molecule has 0 saturated heterocycles. The topological polar surface area (TPSA) is 46.5 Å². The van der Waals surface area contributed by atoms with Crippen molar-refractivity contribution in [1.29, 1.82) is 0 Å². The summed E-state index contributed by atoms with van der Waals surface area (Å²) in [5, 5.41) is 10.7. The van der Waals surface area contributed by atoms with E-state index in [1.165, 1.54) is 0 Å². The van der Waals surface area contributed by atoms with Crippen molar-refractivity contribution in [1.82, 2.24) is 0 Å². The number of aliphatic hydroxyl groups is 1. The summed E-state index contributed by atoms with van der Waals surface area (Å²) in [5.41, 5.74) is -0.996. The Morgan fingerprint density at radius 2 is 1.75 bits per heavy atom. The molecular weight excluding hydrogens is 252 g/mol. The average Bonchev–Trinajstić information content (AvgIpc) is 2.46. The van der Waals surface area contributed by atoms with Crippen LogP contribution >= 0.6 is 0 Å². The molecule has 2 unspecified atom stereocenters. The predicted octanol–water partition coefficient (Wildman–Crippen LogP) is 4.08. The first-order chi connectivity index (χ1) is 9.29. The van der Waals surface area contributed by atoms with Gasteiger partial charge in [-0.2, -0.15) is 0 Å². The number of hydrogen-bond acceptors (Lipinski definition) is 3. The van der Waals surface area contributed by atoms with Crippen LogP contribution in [0.1, 0.15) is 79.6 Å². The van der Waals surface area contributed by atoms with Gasteiger partial charge >= 0.3 is 5.97 Å². The van der Waals surface area contributed by atoms with Gasteiger partial charge in [0.15, 0.2) is 0 Å². The van der Waals surface area contributed by atoms with Crippen molar-refractivity contribution in [3.63, 3.8) is 0 Å². The van der Waals surface area contributed by atoms with E-state index in [4.69, 9.17) is 4.74 Å². The van der Waals surface area contributed by atoms with Gasteiger partial charge in [-0.05, 0) is 64.7 Å². The zero-order chi connectivity index (χ0) is 15.4. The Labute approximate surface area is 124 Å². The van der Waals surface area contributed by atoms with E-state index in [9.17, 15) is 9.90 Å². The lowest BCUT2D eigenvalue weighted by Crippen LogP contribution is -2.42. The highest BCUT2D eigenvalue weighted by atomic mass is 16.5. The SMILES string of the molecule is CCC(C)(C)C(=O)OC1CCCC(C(O)(CC)CC)C1. The Bertz CT molecular complexity index is 318. The summed E-state index contributed by atoms with van der Waals surface area (Å²) in [7, 11) is 0. The molecule has 0 aromatic rings. The second-order valence-corrected chi connectivity index (χ2v) is 6.94. The van der Waals surface area contributed by atoms with Crippen molar-refractivity contribution in [3.8, 4) is 0 Å². The molecule has 0 amide bonds. The van der Waals surface area contributed by atoms with E-state index in [0.717, 1.165) is 44.9 Å². The molecule has 1 aliphatic carbocycles. The minimum Gasteiger partial charge on any atom is -0.462 e.